The molecule has 0 saturated heterocycles. The van der Waals surface area contributed by atoms with Gasteiger partial charge in [0.05, 0.1) is 11.3 Å². The maximum Gasteiger partial charge on any atom is 0.257 e. The fraction of sp³-hybridized carbons (Fsp3) is 0.240. The van der Waals surface area contributed by atoms with Crippen LogP contribution < -0.4 is 0 Å². The van der Waals surface area contributed by atoms with Crippen LogP contribution in [0.25, 0.3) is 22.2 Å². The number of benzene rings is 2. The highest BCUT2D eigenvalue weighted by Crippen LogP contribution is 2.24. The molecule has 0 atom stereocenters. The van der Waals surface area contributed by atoms with Crippen LogP contribution in [0.3, 0.4) is 0 Å². The van der Waals surface area contributed by atoms with Crippen molar-refractivity contribution in [3.05, 3.63) is 83.4 Å². The summed E-state index contributed by atoms with van der Waals surface area (Å²) in [4.78, 5) is 27.5. The minimum absolute atomic E-state index is 0.0343. The van der Waals surface area contributed by atoms with Crippen LogP contribution in [0.5, 0.6) is 0 Å². The second-order valence-corrected chi connectivity index (χ2v) is 7.54. The van der Waals surface area contributed by atoms with Gasteiger partial charge in [-0.1, -0.05) is 48.0 Å². The van der Waals surface area contributed by atoms with E-state index in [1.165, 1.54) is 16.5 Å². The fourth-order valence-electron chi connectivity index (χ4n) is 3.73. The summed E-state index contributed by atoms with van der Waals surface area (Å²) in [7, 11) is 0. The van der Waals surface area contributed by atoms with Gasteiger partial charge >= 0.3 is 0 Å². The topological polar surface area (TPSA) is 61.9 Å². The highest BCUT2D eigenvalue weighted by atomic mass is 16.2. The van der Waals surface area contributed by atoms with Crippen LogP contribution in [0.4, 0.5) is 0 Å². The molecule has 152 valence electrons. The Bertz CT molecular complexity index is 1180. The SMILES string of the molecule is CCN(CCc1c[nH]c2ccccc12)C(=O)c1cnc(C)nc1-c1ccc(C)cc1. The Labute approximate surface area is 176 Å². The molecule has 0 aliphatic heterocycles. The minimum atomic E-state index is -0.0343. The summed E-state index contributed by atoms with van der Waals surface area (Å²) in [6.07, 6.45) is 4.49. The van der Waals surface area contributed by atoms with E-state index in [0.717, 1.165) is 17.5 Å². The van der Waals surface area contributed by atoms with Gasteiger partial charge in [0.25, 0.3) is 5.91 Å². The summed E-state index contributed by atoms with van der Waals surface area (Å²) >= 11 is 0. The molecule has 0 spiro atoms. The van der Waals surface area contributed by atoms with E-state index in [1.54, 1.807) is 6.20 Å². The van der Waals surface area contributed by atoms with Gasteiger partial charge in [-0.15, -0.1) is 0 Å². The summed E-state index contributed by atoms with van der Waals surface area (Å²) in [5.41, 5.74) is 5.68. The Morgan fingerprint density at radius 1 is 1.07 bits per heavy atom. The van der Waals surface area contributed by atoms with Crippen molar-refractivity contribution in [2.24, 2.45) is 0 Å². The number of carbonyl (C=O) groups is 1. The molecule has 2 aromatic heterocycles. The first-order valence-electron chi connectivity index (χ1n) is 10.3. The lowest BCUT2D eigenvalue weighted by atomic mass is 10.0. The number of amides is 1. The number of rotatable bonds is 6. The van der Waals surface area contributed by atoms with Crippen molar-refractivity contribution in [3.8, 4) is 11.3 Å². The lowest BCUT2D eigenvalue weighted by Gasteiger charge is -2.22. The summed E-state index contributed by atoms with van der Waals surface area (Å²) in [6.45, 7) is 7.17. The molecule has 0 aliphatic rings. The predicted octanol–water partition coefficient (Wildman–Crippen LogP) is 4.95. The maximum absolute atomic E-state index is 13.4. The number of nitrogens with zero attached hydrogens (tertiary/aromatic N) is 3. The van der Waals surface area contributed by atoms with Crippen LogP contribution in [0.15, 0.2) is 60.9 Å². The third-order valence-electron chi connectivity index (χ3n) is 5.46. The lowest BCUT2D eigenvalue weighted by molar-refractivity contribution is 0.0766. The summed E-state index contributed by atoms with van der Waals surface area (Å²) in [6, 6.07) is 16.3. The molecular formula is C25H26N4O. The van der Waals surface area contributed by atoms with Gasteiger partial charge in [-0.25, -0.2) is 9.97 Å². The molecule has 30 heavy (non-hydrogen) atoms. The molecule has 2 aromatic carbocycles. The van der Waals surface area contributed by atoms with Gasteiger partial charge in [-0.05, 0) is 38.8 Å². The number of carbonyl (C=O) groups excluding carboxylic acids is 1. The fourth-order valence-corrected chi connectivity index (χ4v) is 3.73. The van der Waals surface area contributed by atoms with Crippen LogP contribution in [0.2, 0.25) is 0 Å². The van der Waals surface area contributed by atoms with E-state index in [-0.39, 0.29) is 5.91 Å². The molecule has 1 amide bonds. The van der Waals surface area contributed by atoms with E-state index >= 15 is 0 Å². The molecule has 0 radical (unpaired) electrons. The predicted molar refractivity (Wildman–Crippen MR) is 121 cm³/mol. The van der Waals surface area contributed by atoms with Crippen LogP contribution in [-0.4, -0.2) is 38.8 Å². The van der Waals surface area contributed by atoms with Gasteiger partial charge in [0.2, 0.25) is 0 Å². The normalized spacial score (nSPS) is 11.0. The number of H-pyrrole nitrogens is 1. The average molecular weight is 399 g/mol. The van der Waals surface area contributed by atoms with Crippen molar-refractivity contribution in [1.82, 2.24) is 19.9 Å². The highest BCUT2D eigenvalue weighted by Gasteiger charge is 2.21. The van der Waals surface area contributed by atoms with Crippen LogP contribution in [0, 0.1) is 13.8 Å². The molecule has 4 rings (SSSR count). The Balaban J connectivity index is 1.60. The Morgan fingerprint density at radius 3 is 2.60 bits per heavy atom. The molecular weight excluding hydrogens is 372 g/mol. The van der Waals surface area contributed by atoms with Crippen molar-refractivity contribution in [3.63, 3.8) is 0 Å². The number of fused-ring (bicyclic) bond motifs is 1. The first-order valence-corrected chi connectivity index (χ1v) is 10.3. The number of hydrogen-bond acceptors (Lipinski definition) is 3. The number of aromatic nitrogens is 3. The quantitative estimate of drug-likeness (QED) is 0.500. The molecule has 0 bridgehead atoms. The Morgan fingerprint density at radius 2 is 1.83 bits per heavy atom. The van der Waals surface area contributed by atoms with Crippen molar-refractivity contribution in [1.29, 1.82) is 0 Å². The van der Waals surface area contributed by atoms with Crippen LogP contribution in [0.1, 0.15) is 34.2 Å². The van der Waals surface area contributed by atoms with Crippen molar-refractivity contribution >= 4 is 16.8 Å². The number of nitrogens with one attached hydrogen (secondary N) is 1. The van der Waals surface area contributed by atoms with Gasteiger partial charge in [0.1, 0.15) is 5.82 Å². The molecule has 5 nitrogen and oxygen atoms in total. The molecule has 2 heterocycles. The van der Waals surface area contributed by atoms with E-state index in [9.17, 15) is 4.79 Å². The van der Waals surface area contributed by atoms with E-state index in [1.807, 2.05) is 68.3 Å². The minimum Gasteiger partial charge on any atom is -0.361 e. The van der Waals surface area contributed by atoms with Crippen LogP contribution >= 0.6 is 0 Å². The van der Waals surface area contributed by atoms with Crippen LogP contribution in [-0.2, 0) is 6.42 Å². The van der Waals surface area contributed by atoms with Gasteiger partial charge in [0.15, 0.2) is 0 Å². The van der Waals surface area contributed by atoms with Gasteiger partial charge < -0.3 is 9.88 Å². The number of hydrogen-bond donors (Lipinski definition) is 1. The van der Waals surface area contributed by atoms with E-state index in [4.69, 9.17) is 0 Å². The standard InChI is InChI=1S/C25H26N4O/c1-4-29(14-13-20-15-27-23-8-6-5-7-21(20)23)25(30)22-16-26-18(3)28-24(22)19-11-9-17(2)10-12-19/h5-12,15-16,27H,4,13-14H2,1-3H3. The highest BCUT2D eigenvalue weighted by molar-refractivity contribution is 5.99. The summed E-state index contributed by atoms with van der Waals surface area (Å²) < 4.78 is 0. The third kappa shape index (κ3) is 3.96. The summed E-state index contributed by atoms with van der Waals surface area (Å²) in [5, 5.41) is 1.21. The van der Waals surface area contributed by atoms with E-state index < -0.39 is 0 Å². The number of aromatic amines is 1. The number of aryl methyl sites for hydroxylation is 2. The number of para-hydroxylation sites is 1. The molecule has 5 heteroatoms. The monoisotopic (exact) mass is 398 g/mol. The van der Waals surface area contributed by atoms with E-state index in [0.29, 0.717) is 30.2 Å². The van der Waals surface area contributed by atoms with Gasteiger partial charge in [-0.3, -0.25) is 4.79 Å². The summed E-state index contributed by atoms with van der Waals surface area (Å²) in [5.74, 6) is 0.622. The second kappa shape index (κ2) is 8.49. The molecule has 0 saturated carbocycles. The Hall–Kier alpha value is -3.47. The zero-order valence-corrected chi connectivity index (χ0v) is 17.6. The maximum atomic E-state index is 13.4. The largest absolute Gasteiger partial charge is 0.361 e. The van der Waals surface area contributed by atoms with Gasteiger partial charge in [-0.2, -0.15) is 0 Å². The smallest absolute Gasteiger partial charge is 0.257 e. The van der Waals surface area contributed by atoms with Crippen molar-refractivity contribution in [2.75, 3.05) is 13.1 Å². The van der Waals surface area contributed by atoms with E-state index in [2.05, 4.69) is 27.1 Å². The lowest BCUT2D eigenvalue weighted by Crippen LogP contribution is -2.33. The second-order valence-electron chi connectivity index (χ2n) is 7.54. The van der Waals surface area contributed by atoms with Gasteiger partial charge in [0, 0.05) is 41.9 Å². The molecule has 0 unspecified atom stereocenters. The number of likely N-dealkylation sites (N-methyl/N-ethyl adjacent to an activating group) is 1. The first-order chi connectivity index (χ1) is 14.6. The molecule has 0 fully saturated rings. The van der Waals surface area contributed by atoms with Crippen molar-refractivity contribution < 1.29 is 4.79 Å². The molecule has 0 aliphatic carbocycles. The van der Waals surface area contributed by atoms with Crippen molar-refractivity contribution in [2.45, 2.75) is 27.2 Å². The first kappa shape index (κ1) is 19.8. The third-order valence-corrected chi connectivity index (χ3v) is 5.46. The molecule has 1 N–H and O–H groups in total. The molecule has 4 aromatic rings. The Kier molecular flexibility index (Phi) is 5.61. The zero-order chi connectivity index (χ0) is 21.1. The zero-order valence-electron chi connectivity index (χ0n) is 17.6. The average Bonchev–Trinajstić information content (AvgIpc) is 3.18.